The minimum absolute atomic E-state index is 0.275. The number of Topliss-reactive ketones (excluding diaryl/α,β-unsaturated/α-hetero) is 1. The Hall–Kier alpha value is -3.18. The lowest BCUT2D eigenvalue weighted by Crippen LogP contribution is -2.41. The molecule has 0 aliphatic heterocycles. The van der Waals surface area contributed by atoms with Crippen LogP contribution in [0.3, 0.4) is 0 Å². The SMILES string of the molecule is CCOC(=O)/C(=C\NN(C)C(=O)OC(C)(C)C)C(=O)c1c(F)c(F)c(F)c(F)c1F. The van der Waals surface area contributed by atoms with Gasteiger partial charge in [0.2, 0.25) is 11.6 Å². The Morgan fingerprint density at radius 1 is 0.967 bits per heavy atom. The number of amides is 1. The van der Waals surface area contributed by atoms with Crippen molar-refractivity contribution in [1.29, 1.82) is 0 Å². The number of ketones is 1. The van der Waals surface area contributed by atoms with Gasteiger partial charge in [0.25, 0.3) is 0 Å². The first-order valence-corrected chi connectivity index (χ1v) is 8.39. The predicted molar refractivity (Wildman–Crippen MR) is 92.4 cm³/mol. The lowest BCUT2D eigenvalue weighted by atomic mass is 10.0. The van der Waals surface area contributed by atoms with E-state index >= 15 is 0 Å². The Labute approximate surface area is 168 Å². The van der Waals surface area contributed by atoms with Crippen LogP contribution >= 0.6 is 0 Å². The largest absolute Gasteiger partial charge is 0.462 e. The standard InChI is InChI=1S/C18H19F5N2O5/c1-6-29-16(27)8(7-24-25(5)17(28)30-18(2,3)4)15(26)9-10(19)12(21)14(23)13(22)11(9)20/h7,24H,6H2,1-5H3/b8-7-. The van der Waals surface area contributed by atoms with Gasteiger partial charge in [-0.2, -0.15) is 0 Å². The van der Waals surface area contributed by atoms with Crippen molar-refractivity contribution in [3.05, 3.63) is 46.4 Å². The van der Waals surface area contributed by atoms with Crippen molar-refractivity contribution in [2.24, 2.45) is 0 Å². The van der Waals surface area contributed by atoms with Gasteiger partial charge in [-0.1, -0.05) is 0 Å². The molecule has 0 aromatic heterocycles. The number of esters is 1. The lowest BCUT2D eigenvalue weighted by Gasteiger charge is -2.24. The Kier molecular flexibility index (Phi) is 7.91. The number of nitrogens with zero attached hydrogens (tertiary/aromatic N) is 1. The molecular weight excluding hydrogens is 419 g/mol. The first-order chi connectivity index (χ1) is 13.7. The number of halogens is 5. The van der Waals surface area contributed by atoms with E-state index < -0.39 is 63.7 Å². The molecule has 7 nitrogen and oxygen atoms in total. The van der Waals surface area contributed by atoms with Crippen molar-refractivity contribution in [1.82, 2.24) is 10.4 Å². The molecule has 0 saturated heterocycles. The summed E-state index contributed by atoms with van der Waals surface area (Å²) in [5.41, 5.74) is -1.74. The summed E-state index contributed by atoms with van der Waals surface area (Å²) in [6, 6.07) is 0. The molecule has 0 spiro atoms. The number of carbonyl (C=O) groups is 3. The third kappa shape index (κ3) is 5.67. The number of hydrazine groups is 1. The van der Waals surface area contributed by atoms with Crippen LogP contribution in [0.25, 0.3) is 0 Å². The third-order valence-electron chi connectivity index (χ3n) is 3.25. The van der Waals surface area contributed by atoms with Gasteiger partial charge in [-0.05, 0) is 27.7 Å². The highest BCUT2D eigenvalue weighted by Gasteiger charge is 2.34. The average Bonchev–Trinajstić information content (AvgIpc) is 2.63. The zero-order valence-electron chi connectivity index (χ0n) is 16.7. The fourth-order valence-corrected chi connectivity index (χ4v) is 1.91. The second-order valence-corrected chi connectivity index (χ2v) is 6.72. The van der Waals surface area contributed by atoms with Crippen LogP contribution in [-0.2, 0) is 14.3 Å². The fraction of sp³-hybridized carbons (Fsp3) is 0.389. The molecule has 0 aliphatic rings. The monoisotopic (exact) mass is 438 g/mol. The van der Waals surface area contributed by atoms with Crippen LogP contribution < -0.4 is 5.43 Å². The van der Waals surface area contributed by atoms with Gasteiger partial charge in [-0.25, -0.2) is 36.6 Å². The second kappa shape index (κ2) is 9.55. The number of rotatable bonds is 6. The number of hydrogen-bond acceptors (Lipinski definition) is 6. The summed E-state index contributed by atoms with van der Waals surface area (Å²) in [7, 11) is 1.12. The zero-order chi connectivity index (χ0) is 23.4. The summed E-state index contributed by atoms with van der Waals surface area (Å²) in [4.78, 5) is 36.4. The van der Waals surface area contributed by atoms with Gasteiger partial charge < -0.3 is 9.47 Å². The Morgan fingerprint density at radius 2 is 1.43 bits per heavy atom. The molecule has 12 heteroatoms. The van der Waals surface area contributed by atoms with Gasteiger partial charge in [0.15, 0.2) is 23.3 Å². The highest BCUT2D eigenvalue weighted by Crippen LogP contribution is 2.25. The van der Waals surface area contributed by atoms with Crippen LogP contribution in [0.1, 0.15) is 38.1 Å². The lowest BCUT2D eigenvalue weighted by molar-refractivity contribution is -0.138. The van der Waals surface area contributed by atoms with E-state index in [1.165, 1.54) is 6.92 Å². The van der Waals surface area contributed by atoms with Gasteiger partial charge in [0, 0.05) is 13.2 Å². The second-order valence-electron chi connectivity index (χ2n) is 6.72. The van der Waals surface area contributed by atoms with E-state index in [-0.39, 0.29) is 6.61 Å². The molecule has 30 heavy (non-hydrogen) atoms. The molecule has 1 aromatic carbocycles. The van der Waals surface area contributed by atoms with E-state index in [4.69, 9.17) is 4.74 Å². The van der Waals surface area contributed by atoms with E-state index in [9.17, 15) is 36.3 Å². The summed E-state index contributed by atoms with van der Waals surface area (Å²) in [5, 5.41) is 0.663. The van der Waals surface area contributed by atoms with Gasteiger partial charge in [0.05, 0.1) is 6.61 Å². The zero-order valence-corrected chi connectivity index (χ0v) is 16.7. The van der Waals surface area contributed by atoms with E-state index in [2.05, 4.69) is 10.2 Å². The predicted octanol–water partition coefficient (Wildman–Crippen LogP) is 3.38. The van der Waals surface area contributed by atoms with Crippen LogP contribution in [0.15, 0.2) is 11.8 Å². The van der Waals surface area contributed by atoms with Crippen molar-refractivity contribution in [2.75, 3.05) is 13.7 Å². The maximum atomic E-state index is 13.9. The van der Waals surface area contributed by atoms with Crippen molar-refractivity contribution < 1.29 is 45.8 Å². The highest BCUT2D eigenvalue weighted by molar-refractivity contribution is 6.24. The maximum absolute atomic E-state index is 13.9. The summed E-state index contributed by atoms with van der Waals surface area (Å²) >= 11 is 0. The van der Waals surface area contributed by atoms with Crippen molar-refractivity contribution in [3.63, 3.8) is 0 Å². The molecule has 0 heterocycles. The van der Waals surface area contributed by atoms with Gasteiger partial charge >= 0.3 is 12.1 Å². The molecule has 1 amide bonds. The summed E-state index contributed by atoms with van der Waals surface area (Å²) < 4.78 is 77.5. The summed E-state index contributed by atoms with van der Waals surface area (Å²) in [6.45, 7) is 5.75. The molecule has 0 unspecified atom stereocenters. The molecule has 1 aromatic rings. The number of ether oxygens (including phenoxy) is 2. The van der Waals surface area contributed by atoms with Crippen LogP contribution in [0.5, 0.6) is 0 Å². The summed E-state index contributed by atoms with van der Waals surface area (Å²) in [5.74, 6) is -15.3. The Balaban J connectivity index is 3.37. The van der Waals surface area contributed by atoms with Crippen LogP contribution in [0.2, 0.25) is 0 Å². The van der Waals surface area contributed by atoms with Crippen molar-refractivity contribution >= 4 is 17.8 Å². The van der Waals surface area contributed by atoms with Crippen molar-refractivity contribution in [2.45, 2.75) is 33.3 Å². The first kappa shape index (κ1) is 24.9. The number of hydrogen-bond donors (Lipinski definition) is 1. The normalized spacial score (nSPS) is 11.7. The molecular formula is C18H19F5N2O5. The van der Waals surface area contributed by atoms with Gasteiger partial charge in [-0.3, -0.25) is 10.2 Å². The average molecular weight is 438 g/mol. The minimum Gasteiger partial charge on any atom is -0.462 e. The molecule has 0 radical (unpaired) electrons. The molecule has 166 valence electrons. The van der Waals surface area contributed by atoms with Crippen LogP contribution in [0.4, 0.5) is 26.7 Å². The Morgan fingerprint density at radius 3 is 1.87 bits per heavy atom. The number of carbonyl (C=O) groups excluding carboxylic acids is 3. The summed E-state index contributed by atoms with van der Waals surface area (Å²) in [6.07, 6.45) is -0.451. The highest BCUT2D eigenvalue weighted by atomic mass is 19.2. The van der Waals surface area contributed by atoms with Crippen LogP contribution in [0, 0.1) is 29.1 Å². The fourth-order valence-electron chi connectivity index (χ4n) is 1.91. The molecule has 0 bridgehead atoms. The van der Waals surface area contributed by atoms with E-state index in [1.54, 1.807) is 20.8 Å². The third-order valence-corrected chi connectivity index (χ3v) is 3.25. The van der Waals surface area contributed by atoms with Gasteiger partial charge in [-0.15, -0.1) is 0 Å². The number of nitrogens with one attached hydrogen (secondary N) is 1. The minimum atomic E-state index is -2.47. The van der Waals surface area contributed by atoms with Gasteiger partial charge in [0.1, 0.15) is 16.7 Å². The van der Waals surface area contributed by atoms with E-state index in [0.29, 0.717) is 11.2 Å². The molecule has 0 saturated carbocycles. The maximum Gasteiger partial charge on any atom is 0.428 e. The van der Waals surface area contributed by atoms with E-state index in [0.717, 1.165) is 7.05 Å². The first-order valence-electron chi connectivity index (χ1n) is 8.39. The number of benzene rings is 1. The molecule has 0 fully saturated rings. The molecule has 1 N–H and O–H groups in total. The topological polar surface area (TPSA) is 84.9 Å². The van der Waals surface area contributed by atoms with E-state index in [1.807, 2.05) is 0 Å². The molecule has 1 rings (SSSR count). The molecule has 0 atom stereocenters. The molecule has 0 aliphatic carbocycles. The van der Waals surface area contributed by atoms with Crippen molar-refractivity contribution in [3.8, 4) is 0 Å². The van der Waals surface area contributed by atoms with Crippen LogP contribution in [-0.4, -0.2) is 42.1 Å². The quantitative estimate of drug-likeness (QED) is 0.0844. The smallest absolute Gasteiger partial charge is 0.428 e. The Bertz CT molecular complexity index is 867.